The Morgan fingerprint density at radius 3 is 3.00 bits per heavy atom. The summed E-state index contributed by atoms with van der Waals surface area (Å²) < 4.78 is 0. The maximum Gasteiger partial charge on any atom is 0.0328 e. The van der Waals surface area contributed by atoms with Crippen LogP contribution in [0.5, 0.6) is 0 Å². The first kappa shape index (κ1) is 12.6. The molecule has 0 amide bonds. The summed E-state index contributed by atoms with van der Waals surface area (Å²) in [5, 5.41) is 3.80. The van der Waals surface area contributed by atoms with Crippen molar-refractivity contribution in [2.45, 2.75) is 65.0 Å². The van der Waals surface area contributed by atoms with Crippen LogP contribution in [0.15, 0.2) is 18.2 Å². The van der Waals surface area contributed by atoms with E-state index in [1.807, 2.05) is 0 Å². The minimum atomic E-state index is 0.594. The molecule has 1 nitrogen and oxygen atoms in total. The molecule has 17 heavy (non-hydrogen) atoms. The van der Waals surface area contributed by atoms with Crippen LogP contribution in [0.25, 0.3) is 0 Å². The Labute approximate surface area is 106 Å². The van der Waals surface area contributed by atoms with Crippen LogP contribution in [0.1, 0.15) is 62.3 Å². The molecule has 0 fully saturated rings. The summed E-state index contributed by atoms with van der Waals surface area (Å²) >= 11 is 0. The lowest BCUT2D eigenvalue weighted by atomic mass is 10.0. The highest BCUT2D eigenvalue weighted by Crippen LogP contribution is 2.32. The van der Waals surface area contributed by atoms with E-state index in [0.717, 1.165) is 0 Å². The van der Waals surface area contributed by atoms with Crippen molar-refractivity contribution in [3.63, 3.8) is 0 Å². The summed E-state index contributed by atoms with van der Waals surface area (Å²) in [6, 6.07) is 8.15. The Bertz CT molecular complexity index is 370. The van der Waals surface area contributed by atoms with Crippen LogP contribution >= 0.6 is 0 Å². The van der Waals surface area contributed by atoms with Gasteiger partial charge in [0.15, 0.2) is 0 Å². The zero-order chi connectivity index (χ0) is 12.3. The third-order valence-corrected chi connectivity index (χ3v) is 3.86. The first-order valence-electron chi connectivity index (χ1n) is 7.06. The monoisotopic (exact) mass is 231 g/mol. The number of rotatable bonds is 5. The standard InChI is InChI=1S/C16H25N/c1-4-5-6-13(3)17-16-10-9-14-8-7-12(2)11-15(14)16/h7-8,11,13,16-17H,4-6,9-10H2,1-3H3. The zero-order valence-corrected chi connectivity index (χ0v) is 11.4. The van der Waals surface area contributed by atoms with E-state index >= 15 is 0 Å². The van der Waals surface area contributed by atoms with E-state index in [0.29, 0.717) is 12.1 Å². The van der Waals surface area contributed by atoms with Gasteiger partial charge in [-0.25, -0.2) is 0 Å². The largest absolute Gasteiger partial charge is 0.307 e. The van der Waals surface area contributed by atoms with Gasteiger partial charge in [0.2, 0.25) is 0 Å². The second kappa shape index (κ2) is 5.68. The highest BCUT2D eigenvalue weighted by atomic mass is 14.9. The fourth-order valence-corrected chi connectivity index (χ4v) is 2.83. The average molecular weight is 231 g/mol. The third kappa shape index (κ3) is 3.10. The minimum Gasteiger partial charge on any atom is -0.307 e. The number of hydrogen-bond acceptors (Lipinski definition) is 1. The minimum absolute atomic E-state index is 0.594. The van der Waals surface area contributed by atoms with Crippen LogP contribution in [0, 0.1) is 6.92 Å². The van der Waals surface area contributed by atoms with Crippen molar-refractivity contribution in [1.29, 1.82) is 0 Å². The SMILES string of the molecule is CCCCC(C)NC1CCc2ccc(C)cc21. The lowest BCUT2D eigenvalue weighted by Gasteiger charge is -2.20. The molecule has 0 bridgehead atoms. The maximum atomic E-state index is 3.80. The van der Waals surface area contributed by atoms with E-state index in [1.54, 1.807) is 11.1 Å². The van der Waals surface area contributed by atoms with E-state index < -0.39 is 0 Å². The number of aryl methyl sites for hydroxylation is 2. The topological polar surface area (TPSA) is 12.0 Å². The molecule has 1 aliphatic carbocycles. The van der Waals surface area contributed by atoms with Crippen molar-refractivity contribution >= 4 is 0 Å². The average Bonchev–Trinajstić information content (AvgIpc) is 2.69. The third-order valence-electron chi connectivity index (χ3n) is 3.86. The van der Waals surface area contributed by atoms with Gasteiger partial charge in [0.05, 0.1) is 0 Å². The van der Waals surface area contributed by atoms with Gasteiger partial charge in [-0.3, -0.25) is 0 Å². The molecule has 0 spiro atoms. The Morgan fingerprint density at radius 2 is 2.24 bits per heavy atom. The highest BCUT2D eigenvalue weighted by Gasteiger charge is 2.23. The van der Waals surface area contributed by atoms with Crippen LogP contribution in [-0.4, -0.2) is 6.04 Å². The molecule has 0 aliphatic heterocycles. The molecule has 0 aromatic heterocycles. The molecule has 0 radical (unpaired) electrons. The predicted octanol–water partition coefficient (Wildman–Crippen LogP) is 4.15. The van der Waals surface area contributed by atoms with E-state index in [9.17, 15) is 0 Å². The molecule has 1 N–H and O–H groups in total. The van der Waals surface area contributed by atoms with Crippen LogP contribution in [0.4, 0.5) is 0 Å². The van der Waals surface area contributed by atoms with Gasteiger partial charge in [0, 0.05) is 12.1 Å². The van der Waals surface area contributed by atoms with Crippen LogP contribution < -0.4 is 5.32 Å². The fourth-order valence-electron chi connectivity index (χ4n) is 2.83. The molecule has 1 aliphatic rings. The van der Waals surface area contributed by atoms with Gasteiger partial charge < -0.3 is 5.32 Å². The van der Waals surface area contributed by atoms with Crippen molar-refractivity contribution in [2.75, 3.05) is 0 Å². The maximum absolute atomic E-state index is 3.80. The summed E-state index contributed by atoms with van der Waals surface area (Å²) in [6.45, 7) is 6.78. The zero-order valence-electron chi connectivity index (χ0n) is 11.4. The van der Waals surface area contributed by atoms with Gasteiger partial charge in [-0.1, -0.05) is 43.5 Å². The lowest BCUT2D eigenvalue weighted by molar-refractivity contribution is 0.424. The highest BCUT2D eigenvalue weighted by molar-refractivity contribution is 5.37. The quantitative estimate of drug-likeness (QED) is 0.802. The summed E-state index contributed by atoms with van der Waals surface area (Å²) in [5.74, 6) is 0. The van der Waals surface area contributed by atoms with Crippen molar-refractivity contribution in [3.8, 4) is 0 Å². The molecule has 1 aromatic rings. The number of benzene rings is 1. The molecule has 2 rings (SSSR count). The molecule has 2 unspecified atom stereocenters. The molecule has 1 heteroatoms. The number of fused-ring (bicyclic) bond motifs is 1. The molecule has 1 aromatic carbocycles. The normalized spacial score (nSPS) is 20.3. The Kier molecular flexibility index (Phi) is 4.22. The van der Waals surface area contributed by atoms with Gasteiger partial charge in [0.25, 0.3) is 0 Å². The summed E-state index contributed by atoms with van der Waals surface area (Å²) in [7, 11) is 0. The molecular weight excluding hydrogens is 206 g/mol. The molecule has 94 valence electrons. The summed E-state index contributed by atoms with van der Waals surface area (Å²) in [5.41, 5.74) is 4.49. The number of unbranched alkanes of at least 4 members (excludes halogenated alkanes) is 1. The predicted molar refractivity (Wildman–Crippen MR) is 74.4 cm³/mol. The molecule has 0 heterocycles. The van der Waals surface area contributed by atoms with Gasteiger partial charge in [-0.05, 0) is 44.2 Å². The fraction of sp³-hybridized carbons (Fsp3) is 0.625. The van der Waals surface area contributed by atoms with Crippen molar-refractivity contribution in [3.05, 3.63) is 34.9 Å². The van der Waals surface area contributed by atoms with E-state index in [4.69, 9.17) is 0 Å². The van der Waals surface area contributed by atoms with Crippen LogP contribution in [-0.2, 0) is 6.42 Å². The van der Waals surface area contributed by atoms with Crippen LogP contribution in [0.3, 0.4) is 0 Å². The molecule has 2 atom stereocenters. The Hall–Kier alpha value is -0.820. The van der Waals surface area contributed by atoms with Gasteiger partial charge in [-0.15, -0.1) is 0 Å². The van der Waals surface area contributed by atoms with Crippen molar-refractivity contribution in [1.82, 2.24) is 5.32 Å². The smallest absolute Gasteiger partial charge is 0.0328 e. The van der Waals surface area contributed by atoms with Gasteiger partial charge >= 0.3 is 0 Å². The second-order valence-electron chi connectivity index (χ2n) is 5.50. The molecule has 0 saturated heterocycles. The van der Waals surface area contributed by atoms with E-state index in [-0.39, 0.29) is 0 Å². The van der Waals surface area contributed by atoms with Crippen LogP contribution in [0.2, 0.25) is 0 Å². The number of nitrogens with one attached hydrogen (secondary N) is 1. The first-order chi connectivity index (χ1) is 8.20. The van der Waals surface area contributed by atoms with Gasteiger partial charge in [0.1, 0.15) is 0 Å². The number of hydrogen-bond donors (Lipinski definition) is 1. The molecule has 0 saturated carbocycles. The first-order valence-corrected chi connectivity index (χ1v) is 7.06. The molecular formula is C16H25N. The summed E-state index contributed by atoms with van der Waals surface area (Å²) in [6.07, 6.45) is 6.45. The summed E-state index contributed by atoms with van der Waals surface area (Å²) in [4.78, 5) is 0. The lowest BCUT2D eigenvalue weighted by Crippen LogP contribution is -2.29. The van der Waals surface area contributed by atoms with Gasteiger partial charge in [-0.2, -0.15) is 0 Å². The van der Waals surface area contributed by atoms with Crippen molar-refractivity contribution in [2.24, 2.45) is 0 Å². The Morgan fingerprint density at radius 1 is 1.41 bits per heavy atom. The van der Waals surface area contributed by atoms with E-state index in [1.165, 1.54) is 37.7 Å². The second-order valence-corrected chi connectivity index (χ2v) is 5.50. The Balaban J connectivity index is 1.99. The van der Waals surface area contributed by atoms with Crippen molar-refractivity contribution < 1.29 is 0 Å². The van der Waals surface area contributed by atoms with E-state index in [2.05, 4.69) is 44.3 Å².